The second-order valence-electron chi connectivity index (χ2n) is 6.03. The molecule has 114 valence electrons. The topological polar surface area (TPSA) is 50.1 Å². The third-order valence-electron chi connectivity index (χ3n) is 4.26. The molecule has 0 amide bonds. The van der Waals surface area contributed by atoms with Crippen molar-refractivity contribution in [3.8, 4) is 0 Å². The van der Waals surface area contributed by atoms with Crippen molar-refractivity contribution in [2.24, 2.45) is 0 Å². The van der Waals surface area contributed by atoms with E-state index >= 15 is 0 Å². The van der Waals surface area contributed by atoms with Crippen LogP contribution in [0.1, 0.15) is 50.5 Å². The van der Waals surface area contributed by atoms with Crippen LogP contribution in [0.5, 0.6) is 0 Å². The maximum atomic E-state index is 9.05. The summed E-state index contributed by atoms with van der Waals surface area (Å²) in [4.78, 5) is 4.87. The van der Waals surface area contributed by atoms with Crippen molar-refractivity contribution in [1.29, 1.82) is 0 Å². The lowest BCUT2D eigenvalue weighted by Gasteiger charge is -2.15. The van der Waals surface area contributed by atoms with Gasteiger partial charge in [-0.25, -0.2) is 0 Å². The third-order valence-corrected chi connectivity index (χ3v) is 4.26. The number of pyridine rings is 1. The van der Waals surface area contributed by atoms with Crippen LogP contribution in [0, 0.1) is 0 Å². The number of fused-ring (bicyclic) bond motifs is 1. The van der Waals surface area contributed by atoms with Gasteiger partial charge in [-0.05, 0) is 44.7 Å². The number of nitrogens with zero attached hydrogens (tertiary/aromatic N) is 2. The number of aliphatic hydroxyl groups is 1. The Kier molecular flexibility index (Phi) is 4.27. The summed E-state index contributed by atoms with van der Waals surface area (Å²) >= 11 is 0. The highest BCUT2D eigenvalue weighted by Gasteiger charge is 2.24. The van der Waals surface area contributed by atoms with E-state index in [1.807, 2.05) is 0 Å². The fourth-order valence-corrected chi connectivity index (χ4v) is 2.89. The first-order valence-electron chi connectivity index (χ1n) is 8.08. The largest absolute Gasteiger partial charge is 0.396 e. The maximum absolute atomic E-state index is 9.05. The lowest BCUT2D eigenvalue weighted by atomic mass is 10.1. The highest BCUT2D eigenvalue weighted by Crippen LogP contribution is 2.27. The van der Waals surface area contributed by atoms with E-state index in [0.29, 0.717) is 12.1 Å². The van der Waals surface area contributed by atoms with E-state index in [4.69, 9.17) is 10.1 Å². The summed E-state index contributed by atoms with van der Waals surface area (Å²) in [5.74, 6) is 0. The van der Waals surface area contributed by atoms with E-state index in [1.165, 1.54) is 29.4 Å². The normalized spacial score (nSPS) is 16.5. The molecule has 0 bridgehead atoms. The van der Waals surface area contributed by atoms with E-state index in [0.717, 1.165) is 25.1 Å². The lowest BCUT2D eigenvalue weighted by molar-refractivity contribution is 0.280. The molecule has 2 N–H and O–H groups in total. The van der Waals surface area contributed by atoms with Crippen LogP contribution in [0.15, 0.2) is 18.3 Å². The van der Waals surface area contributed by atoms with Gasteiger partial charge in [0.2, 0.25) is 0 Å². The van der Waals surface area contributed by atoms with Gasteiger partial charge in [-0.1, -0.05) is 6.92 Å². The van der Waals surface area contributed by atoms with Gasteiger partial charge in [0, 0.05) is 42.5 Å². The molecule has 1 atom stereocenters. The van der Waals surface area contributed by atoms with Crippen LogP contribution in [0.3, 0.4) is 0 Å². The molecule has 3 rings (SSSR count). The van der Waals surface area contributed by atoms with Crippen LogP contribution in [0.4, 0.5) is 0 Å². The number of aromatic nitrogens is 2. The standard InChI is InChI=1S/C17H25N3O/c1-3-15-14-7-9-20(8-4-10-21)17(14)11-16(19-15)12(2)18-13-5-6-13/h7,9,11-13,18,21H,3-6,8,10H2,1-2H3/t12-/m1/s1. The number of nitrogens with one attached hydrogen (secondary N) is 1. The highest BCUT2D eigenvalue weighted by atomic mass is 16.3. The van der Waals surface area contributed by atoms with Gasteiger partial charge >= 0.3 is 0 Å². The average molecular weight is 287 g/mol. The summed E-state index contributed by atoms with van der Waals surface area (Å²) in [5.41, 5.74) is 3.56. The Labute approximate surface area is 126 Å². The molecule has 21 heavy (non-hydrogen) atoms. The zero-order chi connectivity index (χ0) is 14.8. The molecular formula is C17H25N3O. The molecule has 4 nitrogen and oxygen atoms in total. The minimum Gasteiger partial charge on any atom is -0.396 e. The van der Waals surface area contributed by atoms with Gasteiger partial charge in [0.1, 0.15) is 0 Å². The Bertz CT molecular complexity index is 616. The fraction of sp³-hybridized carbons (Fsp3) is 0.588. The molecule has 1 aliphatic rings. The molecule has 2 aromatic heterocycles. The Morgan fingerprint density at radius 3 is 2.95 bits per heavy atom. The minimum absolute atomic E-state index is 0.234. The number of hydrogen-bond donors (Lipinski definition) is 2. The molecular weight excluding hydrogens is 262 g/mol. The van der Waals surface area contributed by atoms with Crippen LogP contribution in [-0.2, 0) is 13.0 Å². The van der Waals surface area contributed by atoms with Crippen molar-refractivity contribution in [3.05, 3.63) is 29.7 Å². The van der Waals surface area contributed by atoms with Crippen LogP contribution >= 0.6 is 0 Å². The summed E-state index contributed by atoms with van der Waals surface area (Å²) in [6, 6.07) is 5.35. The monoisotopic (exact) mass is 287 g/mol. The quantitative estimate of drug-likeness (QED) is 0.823. The molecule has 0 unspecified atom stereocenters. The molecule has 2 heterocycles. The van der Waals surface area contributed by atoms with Gasteiger partial charge < -0.3 is 15.0 Å². The number of hydrogen-bond acceptors (Lipinski definition) is 3. The van der Waals surface area contributed by atoms with Crippen molar-refractivity contribution in [1.82, 2.24) is 14.9 Å². The summed E-state index contributed by atoms with van der Waals surface area (Å²) in [7, 11) is 0. The third kappa shape index (κ3) is 3.11. The smallest absolute Gasteiger partial charge is 0.0594 e. The van der Waals surface area contributed by atoms with E-state index in [9.17, 15) is 0 Å². The molecule has 0 radical (unpaired) electrons. The maximum Gasteiger partial charge on any atom is 0.0594 e. The van der Waals surface area contributed by atoms with E-state index in [1.54, 1.807) is 0 Å². The van der Waals surface area contributed by atoms with Crippen molar-refractivity contribution in [3.63, 3.8) is 0 Å². The predicted molar refractivity (Wildman–Crippen MR) is 85.4 cm³/mol. The summed E-state index contributed by atoms with van der Waals surface area (Å²) in [5, 5.41) is 13.9. The second kappa shape index (κ2) is 6.16. The van der Waals surface area contributed by atoms with Crippen LogP contribution < -0.4 is 5.32 Å². The van der Waals surface area contributed by atoms with Crippen molar-refractivity contribution >= 4 is 10.9 Å². The SMILES string of the molecule is CCc1nc([C@@H](C)NC2CC2)cc2c1ccn2CCCO. The van der Waals surface area contributed by atoms with Crippen LogP contribution in [-0.4, -0.2) is 27.3 Å². The van der Waals surface area contributed by atoms with Gasteiger partial charge in [0.25, 0.3) is 0 Å². The van der Waals surface area contributed by atoms with E-state index in [-0.39, 0.29) is 6.61 Å². The molecule has 0 saturated heterocycles. The number of aliphatic hydroxyl groups excluding tert-OH is 1. The summed E-state index contributed by atoms with van der Waals surface area (Å²) in [6.07, 6.45) is 6.44. The Morgan fingerprint density at radius 1 is 1.48 bits per heavy atom. The Balaban J connectivity index is 1.96. The van der Waals surface area contributed by atoms with Crippen molar-refractivity contribution < 1.29 is 5.11 Å². The molecule has 1 fully saturated rings. The molecule has 0 spiro atoms. The number of aryl methyl sites for hydroxylation is 2. The zero-order valence-electron chi connectivity index (χ0n) is 13.0. The van der Waals surface area contributed by atoms with Gasteiger partial charge in [0.05, 0.1) is 11.2 Å². The summed E-state index contributed by atoms with van der Waals surface area (Å²) in [6.45, 7) is 5.46. The van der Waals surface area contributed by atoms with Gasteiger partial charge in [0.15, 0.2) is 0 Å². The van der Waals surface area contributed by atoms with E-state index < -0.39 is 0 Å². The van der Waals surface area contributed by atoms with Gasteiger partial charge in [-0.2, -0.15) is 0 Å². The summed E-state index contributed by atoms with van der Waals surface area (Å²) < 4.78 is 2.24. The fourth-order valence-electron chi connectivity index (χ4n) is 2.89. The molecule has 0 aliphatic heterocycles. The predicted octanol–water partition coefficient (Wildman–Crippen LogP) is 2.79. The van der Waals surface area contributed by atoms with E-state index in [2.05, 4.69) is 42.1 Å². The van der Waals surface area contributed by atoms with Crippen molar-refractivity contribution in [2.45, 2.75) is 58.2 Å². The zero-order valence-corrected chi connectivity index (χ0v) is 13.0. The lowest BCUT2D eigenvalue weighted by Crippen LogP contribution is -2.22. The first-order chi connectivity index (χ1) is 10.2. The molecule has 4 heteroatoms. The van der Waals surface area contributed by atoms with Gasteiger partial charge in [-0.15, -0.1) is 0 Å². The average Bonchev–Trinajstić information content (AvgIpc) is 3.22. The molecule has 0 aromatic carbocycles. The molecule has 2 aromatic rings. The Morgan fingerprint density at radius 2 is 2.29 bits per heavy atom. The second-order valence-corrected chi connectivity index (χ2v) is 6.03. The Hall–Kier alpha value is -1.39. The van der Waals surface area contributed by atoms with Gasteiger partial charge in [-0.3, -0.25) is 4.98 Å². The molecule has 1 saturated carbocycles. The van der Waals surface area contributed by atoms with Crippen LogP contribution in [0.2, 0.25) is 0 Å². The highest BCUT2D eigenvalue weighted by molar-refractivity contribution is 5.83. The van der Waals surface area contributed by atoms with Crippen LogP contribution in [0.25, 0.3) is 10.9 Å². The minimum atomic E-state index is 0.234. The number of rotatable bonds is 7. The first kappa shape index (κ1) is 14.5. The molecule has 1 aliphatic carbocycles. The van der Waals surface area contributed by atoms with Crippen molar-refractivity contribution in [2.75, 3.05) is 6.61 Å². The first-order valence-corrected chi connectivity index (χ1v) is 8.08.